The van der Waals surface area contributed by atoms with Crippen LogP contribution in [-0.2, 0) is 6.18 Å². The highest BCUT2D eigenvalue weighted by Gasteiger charge is 2.31. The maximum Gasteiger partial charge on any atom is 0.416 e. The summed E-state index contributed by atoms with van der Waals surface area (Å²) >= 11 is 0. The van der Waals surface area contributed by atoms with Gasteiger partial charge in [-0.2, -0.15) is 13.2 Å². The number of nitrogens with one attached hydrogen (secondary N) is 2. The molecule has 12 heteroatoms. The van der Waals surface area contributed by atoms with Gasteiger partial charge in [0.25, 0.3) is 11.8 Å². The molecule has 5 rings (SSSR count). The third kappa shape index (κ3) is 5.74. The molecule has 0 saturated heterocycles. The maximum absolute atomic E-state index is 13.0. The number of aryl methyl sites for hydroxylation is 2. The number of halogens is 3. The Morgan fingerprint density at radius 3 is 2.49 bits per heavy atom. The van der Waals surface area contributed by atoms with E-state index in [0.717, 1.165) is 18.2 Å². The number of amides is 2. The highest BCUT2D eigenvalue weighted by atomic mass is 19.4. The Morgan fingerprint density at radius 2 is 1.74 bits per heavy atom. The second kappa shape index (κ2) is 9.97. The van der Waals surface area contributed by atoms with Crippen molar-refractivity contribution in [2.24, 2.45) is 0 Å². The van der Waals surface area contributed by atoms with Crippen LogP contribution in [0.1, 0.15) is 37.8 Å². The van der Waals surface area contributed by atoms with E-state index >= 15 is 0 Å². The van der Waals surface area contributed by atoms with Crippen molar-refractivity contribution in [1.82, 2.24) is 14.6 Å². The number of fused-ring (bicyclic) bond motifs is 1. The van der Waals surface area contributed by atoms with E-state index < -0.39 is 17.6 Å². The Morgan fingerprint density at radius 1 is 0.949 bits per heavy atom. The number of carbonyl (C=O) groups excluding carboxylic acids is 2. The van der Waals surface area contributed by atoms with Crippen molar-refractivity contribution in [2.75, 3.05) is 10.6 Å². The van der Waals surface area contributed by atoms with E-state index in [2.05, 4.69) is 20.7 Å². The number of alkyl halides is 3. The molecular formula is C27H20F3N5O4. The molecule has 0 aliphatic heterocycles. The van der Waals surface area contributed by atoms with Gasteiger partial charge in [0, 0.05) is 23.4 Å². The minimum Gasteiger partial charge on any atom is -0.466 e. The molecule has 0 saturated carbocycles. The summed E-state index contributed by atoms with van der Waals surface area (Å²) in [5.41, 5.74) is 0.211. The van der Waals surface area contributed by atoms with E-state index in [0.29, 0.717) is 34.2 Å². The third-order valence-corrected chi connectivity index (χ3v) is 5.59. The average molecular weight is 535 g/mol. The molecule has 198 valence electrons. The number of anilines is 2. The van der Waals surface area contributed by atoms with Gasteiger partial charge in [0.05, 0.1) is 17.3 Å². The minimum atomic E-state index is -4.57. The largest absolute Gasteiger partial charge is 0.466 e. The summed E-state index contributed by atoms with van der Waals surface area (Å²) in [7, 11) is 0. The fourth-order valence-electron chi connectivity index (χ4n) is 3.82. The number of furan rings is 1. The van der Waals surface area contributed by atoms with Crippen molar-refractivity contribution >= 4 is 29.0 Å². The number of ether oxygens (including phenoxy) is 1. The van der Waals surface area contributed by atoms with Crippen LogP contribution in [-0.4, -0.2) is 26.4 Å². The lowest BCUT2D eigenvalue weighted by atomic mass is 10.1. The van der Waals surface area contributed by atoms with Crippen LogP contribution in [0, 0.1) is 13.8 Å². The summed E-state index contributed by atoms with van der Waals surface area (Å²) in [6.07, 6.45) is -3.16. The fraction of sp³-hybridized carbons (Fsp3) is 0.111. The lowest BCUT2D eigenvalue weighted by molar-refractivity contribution is -0.137. The number of aromatic nitrogens is 3. The van der Waals surface area contributed by atoms with Crippen LogP contribution >= 0.6 is 0 Å². The molecule has 0 aliphatic carbocycles. The van der Waals surface area contributed by atoms with Crippen LogP contribution in [0.15, 0.2) is 77.3 Å². The predicted molar refractivity (Wildman–Crippen MR) is 135 cm³/mol. The van der Waals surface area contributed by atoms with Gasteiger partial charge in [-0.3, -0.25) is 9.59 Å². The van der Waals surface area contributed by atoms with Crippen molar-refractivity contribution in [3.63, 3.8) is 0 Å². The molecule has 0 unspecified atom stereocenters. The van der Waals surface area contributed by atoms with E-state index in [-0.39, 0.29) is 23.2 Å². The third-order valence-electron chi connectivity index (χ3n) is 5.59. The molecule has 0 aliphatic rings. The van der Waals surface area contributed by atoms with Gasteiger partial charge in [0.2, 0.25) is 5.88 Å². The highest BCUT2D eigenvalue weighted by Crippen LogP contribution is 2.30. The number of carbonyl (C=O) groups is 2. The summed E-state index contributed by atoms with van der Waals surface area (Å²) in [4.78, 5) is 29.3. The molecule has 5 aromatic rings. The summed E-state index contributed by atoms with van der Waals surface area (Å²) in [6, 6.07) is 15.6. The zero-order valence-electron chi connectivity index (χ0n) is 20.5. The fourth-order valence-corrected chi connectivity index (χ4v) is 3.82. The lowest BCUT2D eigenvalue weighted by Gasteiger charge is -2.08. The van der Waals surface area contributed by atoms with Crippen molar-refractivity contribution < 1.29 is 31.9 Å². The standard InChI is InChI=1S/C27H20F3N5O4/c1-15-11-21(16(2)38-15)26(37)31-19-7-4-8-20(13-19)39-24-10-9-23-32-22(14-35(23)34-24)33-25(36)17-5-3-6-18(12-17)27(28,29)30/h3-14H,1-2H3,(H,31,37)(H,33,36). The first-order chi connectivity index (χ1) is 18.5. The zero-order valence-corrected chi connectivity index (χ0v) is 20.5. The molecule has 0 fully saturated rings. The van der Waals surface area contributed by atoms with Crippen molar-refractivity contribution in [2.45, 2.75) is 20.0 Å². The van der Waals surface area contributed by atoms with Gasteiger partial charge in [-0.25, -0.2) is 9.50 Å². The Labute approximate surface area is 219 Å². The van der Waals surface area contributed by atoms with Gasteiger partial charge < -0.3 is 19.8 Å². The van der Waals surface area contributed by atoms with Crippen LogP contribution in [0.3, 0.4) is 0 Å². The zero-order chi connectivity index (χ0) is 27.7. The number of hydrogen-bond donors (Lipinski definition) is 2. The molecule has 2 amide bonds. The van der Waals surface area contributed by atoms with E-state index in [4.69, 9.17) is 9.15 Å². The minimum absolute atomic E-state index is 0.0940. The number of imidazole rings is 1. The van der Waals surface area contributed by atoms with Gasteiger partial charge in [0.1, 0.15) is 17.3 Å². The molecule has 3 heterocycles. The summed E-state index contributed by atoms with van der Waals surface area (Å²) in [6.45, 7) is 3.47. The molecule has 2 N–H and O–H groups in total. The first-order valence-electron chi connectivity index (χ1n) is 11.6. The monoisotopic (exact) mass is 535 g/mol. The molecule has 0 radical (unpaired) electrons. The first-order valence-corrected chi connectivity index (χ1v) is 11.6. The van der Waals surface area contributed by atoms with Gasteiger partial charge in [-0.1, -0.05) is 12.1 Å². The summed E-state index contributed by atoms with van der Waals surface area (Å²) < 4.78 is 51.5. The van der Waals surface area contributed by atoms with Gasteiger partial charge in [-0.15, -0.1) is 5.10 Å². The maximum atomic E-state index is 13.0. The topological polar surface area (TPSA) is 111 Å². The van der Waals surface area contributed by atoms with Gasteiger partial charge in [0.15, 0.2) is 11.5 Å². The predicted octanol–water partition coefficient (Wildman–Crippen LogP) is 6.25. The number of hydrogen-bond acceptors (Lipinski definition) is 6. The second-order valence-corrected chi connectivity index (χ2v) is 8.54. The summed E-state index contributed by atoms with van der Waals surface area (Å²) in [5.74, 6) is 0.768. The van der Waals surface area contributed by atoms with E-state index in [9.17, 15) is 22.8 Å². The molecular weight excluding hydrogens is 515 g/mol. The number of rotatable bonds is 6. The van der Waals surface area contributed by atoms with E-state index in [1.807, 2.05) is 0 Å². The molecule has 9 nitrogen and oxygen atoms in total. The summed E-state index contributed by atoms with van der Waals surface area (Å²) in [5, 5.41) is 9.57. The van der Waals surface area contributed by atoms with E-state index in [1.54, 1.807) is 56.3 Å². The Hall–Kier alpha value is -5.13. The molecule has 0 spiro atoms. The van der Waals surface area contributed by atoms with E-state index in [1.165, 1.54) is 16.8 Å². The SMILES string of the molecule is Cc1cc(C(=O)Nc2cccc(Oc3ccc4nc(NC(=O)c5cccc(C(F)(F)F)c5)cn4n3)c2)c(C)o1. The van der Waals surface area contributed by atoms with Crippen LogP contribution in [0.2, 0.25) is 0 Å². The molecule has 39 heavy (non-hydrogen) atoms. The number of nitrogens with zero attached hydrogens (tertiary/aromatic N) is 3. The molecule has 0 bridgehead atoms. The Balaban J connectivity index is 1.28. The molecule has 3 aromatic heterocycles. The second-order valence-electron chi connectivity index (χ2n) is 8.54. The molecule has 0 atom stereocenters. The molecule has 2 aromatic carbocycles. The Kier molecular flexibility index (Phi) is 6.52. The van der Waals surface area contributed by atoms with Crippen molar-refractivity contribution in [1.29, 1.82) is 0 Å². The van der Waals surface area contributed by atoms with Crippen LogP contribution in [0.25, 0.3) is 5.65 Å². The quantitative estimate of drug-likeness (QED) is 0.266. The van der Waals surface area contributed by atoms with Crippen LogP contribution < -0.4 is 15.4 Å². The smallest absolute Gasteiger partial charge is 0.416 e. The van der Waals surface area contributed by atoms with Gasteiger partial charge in [-0.05, 0) is 56.3 Å². The normalized spacial score (nSPS) is 11.4. The average Bonchev–Trinajstić information content (AvgIpc) is 3.44. The first kappa shape index (κ1) is 25.5. The van der Waals surface area contributed by atoms with Crippen LogP contribution in [0.4, 0.5) is 24.7 Å². The number of benzene rings is 2. The Bertz CT molecular complexity index is 1710. The highest BCUT2D eigenvalue weighted by molar-refractivity contribution is 6.05. The lowest BCUT2D eigenvalue weighted by Crippen LogP contribution is -2.14. The van der Waals surface area contributed by atoms with Crippen molar-refractivity contribution in [3.8, 4) is 11.6 Å². The van der Waals surface area contributed by atoms with Crippen LogP contribution in [0.5, 0.6) is 11.6 Å². The van der Waals surface area contributed by atoms with Crippen molar-refractivity contribution in [3.05, 3.63) is 101 Å². The van der Waals surface area contributed by atoms with Gasteiger partial charge >= 0.3 is 6.18 Å².